The number of alkyl halides is 3. The number of amides is 1. The summed E-state index contributed by atoms with van der Waals surface area (Å²) in [4.78, 5) is 21.1. The molecule has 1 unspecified atom stereocenters. The van der Waals surface area contributed by atoms with E-state index >= 15 is 0 Å². The van der Waals surface area contributed by atoms with Crippen LogP contribution in [0.4, 0.5) is 24.8 Å². The Morgan fingerprint density at radius 2 is 1.96 bits per heavy atom. The summed E-state index contributed by atoms with van der Waals surface area (Å²) in [6.45, 7) is 0.382. The first-order chi connectivity index (χ1) is 11.8. The van der Waals surface area contributed by atoms with E-state index in [1.165, 1.54) is 4.90 Å². The quantitative estimate of drug-likeness (QED) is 0.859. The molecule has 0 bridgehead atoms. The van der Waals surface area contributed by atoms with E-state index in [4.69, 9.17) is 23.2 Å². The smallest absolute Gasteiger partial charge is 0.342 e. The maximum atomic E-state index is 12.7. The standard InChI is InChI=1S/C15H11Cl2F3N4O/c16-9-2-1-8(7-10(9)17)24-6-4-11(13(24)25)22-14-21-5-3-12(23-14)15(18,19)20/h1-3,5,7,11H,4,6H2,(H,21,22,23). The van der Waals surface area contributed by atoms with E-state index in [1.54, 1.807) is 18.2 Å². The van der Waals surface area contributed by atoms with Gasteiger partial charge in [0.2, 0.25) is 11.9 Å². The Hall–Kier alpha value is -2.06. The molecule has 5 nitrogen and oxygen atoms in total. The minimum Gasteiger partial charge on any atom is -0.342 e. The van der Waals surface area contributed by atoms with Gasteiger partial charge in [0, 0.05) is 18.4 Å². The lowest BCUT2D eigenvalue weighted by atomic mass is 10.2. The summed E-state index contributed by atoms with van der Waals surface area (Å²) in [5, 5.41) is 3.33. The summed E-state index contributed by atoms with van der Waals surface area (Å²) < 4.78 is 38.1. The predicted molar refractivity (Wildman–Crippen MR) is 87.9 cm³/mol. The van der Waals surface area contributed by atoms with E-state index in [1.807, 2.05) is 0 Å². The molecule has 2 heterocycles. The lowest BCUT2D eigenvalue weighted by molar-refractivity contribution is -0.141. The van der Waals surface area contributed by atoms with Gasteiger partial charge in [0.15, 0.2) is 0 Å². The van der Waals surface area contributed by atoms with E-state index in [-0.39, 0.29) is 11.9 Å². The van der Waals surface area contributed by atoms with Crippen LogP contribution in [0, 0.1) is 0 Å². The highest BCUT2D eigenvalue weighted by molar-refractivity contribution is 6.42. The summed E-state index contributed by atoms with van der Waals surface area (Å²) in [5.74, 6) is -0.552. The maximum absolute atomic E-state index is 12.7. The van der Waals surface area contributed by atoms with Crippen LogP contribution in [0.25, 0.3) is 0 Å². The Kier molecular flexibility index (Phi) is 4.75. The highest BCUT2D eigenvalue weighted by Crippen LogP contribution is 2.31. The molecule has 25 heavy (non-hydrogen) atoms. The zero-order valence-electron chi connectivity index (χ0n) is 12.5. The minimum absolute atomic E-state index is 0.246. The second-order valence-corrected chi connectivity index (χ2v) is 6.15. The third-order valence-electron chi connectivity index (χ3n) is 3.67. The van der Waals surface area contributed by atoms with Gasteiger partial charge in [-0.1, -0.05) is 23.2 Å². The van der Waals surface area contributed by atoms with Crippen molar-refractivity contribution < 1.29 is 18.0 Å². The zero-order valence-corrected chi connectivity index (χ0v) is 14.0. The Morgan fingerprint density at radius 3 is 2.64 bits per heavy atom. The van der Waals surface area contributed by atoms with Gasteiger partial charge in [-0.05, 0) is 30.7 Å². The molecule has 1 aliphatic heterocycles. The van der Waals surface area contributed by atoms with Crippen LogP contribution in [-0.2, 0) is 11.0 Å². The topological polar surface area (TPSA) is 58.1 Å². The summed E-state index contributed by atoms with van der Waals surface area (Å²) >= 11 is 11.8. The molecule has 1 aliphatic rings. The molecule has 1 aromatic carbocycles. The molecular weight excluding hydrogens is 380 g/mol. The van der Waals surface area contributed by atoms with Crippen LogP contribution < -0.4 is 10.2 Å². The lowest BCUT2D eigenvalue weighted by Gasteiger charge is -2.18. The molecule has 0 saturated carbocycles. The summed E-state index contributed by atoms with van der Waals surface area (Å²) in [7, 11) is 0. The zero-order chi connectivity index (χ0) is 18.2. The van der Waals surface area contributed by atoms with Crippen LogP contribution in [0.3, 0.4) is 0 Å². The van der Waals surface area contributed by atoms with E-state index in [9.17, 15) is 18.0 Å². The highest BCUT2D eigenvalue weighted by Gasteiger charge is 2.35. The van der Waals surface area contributed by atoms with E-state index in [0.717, 1.165) is 12.3 Å². The van der Waals surface area contributed by atoms with Crippen molar-refractivity contribution in [2.75, 3.05) is 16.8 Å². The second-order valence-electron chi connectivity index (χ2n) is 5.34. The fraction of sp³-hybridized carbons (Fsp3) is 0.267. The molecule has 3 rings (SSSR count). The van der Waals surface area contributed by atoms with Gasteiger partial charge in [-0.2, -0.15) is 13.2 Å². The van der Waals surface area contributed by atoms with Gasteiger partial charge < -0.3 is 10.2 Å². The molecule has 0 aliphatic carbocycles. The highest BCUT2D eigenvalue weighted by atomic mass is 35.5. The van der Waals surface area contributed by atoms with E-state index in [2.05, 4.69) is 15.3 Å². The number of carbonyl (C=O) groups excluding carboxylic acids is 1. The van der Waals surface area contributed by atoms with Gasteiger partial charge in [0.05, 0.1) is 10.0 Å². The van der Waals surface area contributed by atoms with Gasteiger partial charge >= 0.3 is 6.18 Å². The third kappa shape index (κ3) is 3.80. The molecule has 2 aromatic rings. The van der Waals surface area contributed by atoms with Crippen LogP contribution >= 0.6 is 23.2 Å². The number of rotatable bonds is 3. The Labute approximate surface area is 150 Å². The van der Waals surface area contributed by atoms with Crippen LogP contribution in [0.1, 0.15) is 12.1 Å². The molecule has 1 saturated heterocycles. The lowest BCUT2D eigenvalue weighted by Crippen LogP contribution is -2.34. The van der Waals surface area contributed by atoms with Gasteiger partial charge in [-0.25, -0.2) is 9.97 Å². The van der Waals surface area contributed by atoms with E-state index < -0.39 is 17.9 Å². The Morgan fingerprint density at radius 1 is 1.20 bits per heavy atom. The number of hydrogen-bond acceptors (Lipinski definition) is 4. The predicted octanol–water partition coefficient (Wildman–Crippen LogP) is 4.02. The van der Waals surface area contributed by atoms with Crippen molar-refractivity contribution in [3.63, 3.8) is 0 Å². The first-order valence-electron chi connectivity index (χ1n) is 7.19. The number of benzene rings is 1. The fourth-order valence-corrected chi connectivity index (χ4v) is 2.76. The van der Waals surface area contributed by atoms with Crippen molar-refractivity contribution in [2.24, 2.45) is 0 Å². The van der Waals surface area contributed by atoms with E-state index in [0.29, 0.717) is 28.7 Å². The molecule has 132 valence electrons. The molecule has 1 aromatic heterocycles. The maximum Gasteiger partial charge on any atom is 0.433 e. The van der Waals surface area contributed by atoms with Crippen molar-refractivity contribution in [1.82, 2.24) is 9.97 Å². The van der Waals surface area contributed by atoms with Gasteiger partial charge in [0.1, 0.15) is 11.7 Å². The Bertz CT molecular complexity index is 816. The molecule has 1 fully saturated rings. The van der Waals surface area contributed by atoms with Crippen molar-refractivity contribution >= 4 is 40.7 Å². The number of nitrogens with one attached hydrogen (secondary N) is 1. The number of halogens is 5. The fourth-order valence-electron chi connectivity index (χ4n) is 2.47. The molecule has 0 spiro atoms. The van der Waals surface area contributed by atoms with Crippen LogP contribution in [0.2, 0.25) is 10.0 Å². The second kappa shape index (κ2) is 6.68. The van der Waals surface area contributed by atoms with Crippen LogP contribution in [0.5, 0.6) is 0 Å². The summed E-state index contributed by atoms with van der Waals surface area (Å²) in [6, 6.07) is 4.82. The molecule has 0 radical (unpaired) electrons. The normalized spacial score (nSPS) is 17.9. The summed E-state index contributed by atoms with van der Waals surface area (Å²) in [5.41, 5.74) is -0.509. The first-order valence-corrected chi connectivity index (χ1v) is 7.94. The average molecular weight is 391 g/mol. The third-order valence-corrected chi connectivity index (χ3v) is 4.41. The monoisotopic (exact) mass is 390 g/mol. The van der Waals surface area contributed by atoms with Crippen molar-refractivity contribution in [1.29, 1.82) is 0 Å². The van der Waals surface area contributed by atoms with Gasteiger partial charge in [0.25, 0.3) is 0 Å². The number of aromatic nitrogens is 2. The molecule has 1 atom stereocenters. The molecule has 1 N–H and O–H groups in total. The number of carbonyl (C=O) groups is 1. The number of hydrogen-bond donors (Lipinski definition) is 1. The number of nitrogens with zero attached hydrogens (tertiary/aromatic N) is 3. The molecular formula is C15H11Cl2F3N4O. The van der Waals surface area contributed by atoms with Crippen LogP contribution in [0.15, 0.2) is 30.5 Å². The molecule has 1 amide bonds. The SMILES string of the molecule is O=C1C(Nc2nccc(C(F)(F)F)n2)CCN1c1ccc(Cl)c(Cl)c1. The largest absolute Gasteiger partial charge is 0.433 e. The van der Waals surface area contributed by atoms with Crippen molar-refractivity contribution in [3.05, 3.63) is 46.2 Å². The van der Waals surface area contributed by atoms with Crippen molar-refractivity contribution in [3.8, 4) is 0 Å². The molecule has 10 heteroatoms. The first kappa shape index (κ1) is 17.8. The number of anilines is 2. The average Bonchev–Trinajstić information content (AvgIpc) is 2.91. The summed E-state index contributed by atoms with van der Waals surface area (Å²) in [6.07, 6.45) is -3.20. The van der Waals surface area contributed by atoms with Gasteiger partial charge in [-0.3, -0.25) is 4.79 Å². The minimum atomic E-state index is -4.58. The Balaban J connectivity index is 1.75. The van der Waals surface area contributed by atoms with Crippen LogP contribution in [-0.4, -0.2) is 28.5 Å². The van der Waals surface area contributed by atoms with Crippen molar-refractivity contribution in [2.45, 2.75) is 18.6 Å². The van der Waals surface area contributed by atoms with Gasteiger partial charge in [-0.15, -0.1) is 0 Å².